The lowest BCUT2D eigenvalue weighted by Crippen LogP contribution is -2.43. The molecule has 0 aliphatic carbocycles. The highest BCUT2D eigenvalue weighted by molar-refractivity contribution is 7.14. The van der Waals surface area contributed by atoms with E-state index in [1.165, 1.54) is 11.3 Å². The number of ether oxygens (including phenoxy) is 1. The van der Waals surface area contributed by atoms with E-state index in [2.05, 4.69) is 5.32 Å². The van der Waals surface area contributed by atoms with Crippen LogP contribution < -0.4 is 10.2 Å². The van der Waals surface area contributed by atoms with Gasteiger partial charge >= 0.3 is 6.09 Å². The van der Waals surface area contributed by atoms with Crippen molar-refractivity contribution in [3.63, 3.8) is 0 Å². The molecule has 2 unspecified atom stereocenters. The Labute approximate surface area is 150 Å². The molecular weight excluding hydrogens is 342 g/mol. The number of rotatable bonds is 4. The van der Waals surface area contributed by atoms with E-state index in [1.54, 1.807) is 9.80 Å². The average Bonchev–Trinajstić information content (AvgIpc) is 3.23. The van der Waals surface area contributed by atoms with Gasteiger partial charge in [0.2, 0.25) is 11.8 Å². The molecule has 1 aromatic rings. The zero-order chi connectivity index (χ0) is 18.2. The average molecular weight is 365 g/mol. The fourth-order valence-corrected chi connectivity index (χ4v) is 3.85. The first-order valence-electron chi connectivity index (χ1n) is 8.35. The van der Waals surface area contributed by atoms with Crippen molar-refractivity contribution in [2.24, 2.45) is 5.92 Å². The highest BCUT2D eigenvalue weighted by Crippen LogP contribution is 2.27. The van der Waals surface area contributed by atoms with Crippen molar-refractivity contribution in [3.8, 4) is 0 Å². The maximum atomic E-state index is 12.4. The molecule has 25 heavy (non-hydrogen) atoms. The van der Waals surface area contributed by atoms with Crippen molar-refractivity contribution >= 4 is 34.2 Å². The third-order valence-electron chi connectivity index (χ3n) is 4.46. The number of nitrogens with zero attached hydrogens (tertiary/aromatic N) is 2. The van der Waals surface area contributed by atoms with Crippen LogP contribution in [0.5, 0.6) is 0 Å². The monoisotopic (exact) mass is 365 g/mol. The number of carbonyl (C=O) groups excluding carboxylic acids is 3. The predicted molar refractivity (Wildman–Crippen MR) is 94.5 cm³/mol. The number of nitrogens with one attached hydrogen (secondary N) is 1. The number of amides is 3. The largest absolute Gasteiger partial charge is 0.442 e. The van der Waals surface area contributed by atoms with Gasteiger partial charge in [0.05, 0.1) is 19.0 Å². The maximum Gasteiger partial charge on any atom is 0.415 e. The summed E-state index contributed by atoms with van der Waals surface area (Å²) >= 11 is 1.47. The molecule has 3 heterocycles. The quantitative estimate of drug-likeness (QED) is 0.883. The van der Waals surface area contributed by atoms with Crippen molar-refractivity contribution in [1.29, 1.82) is 0 Å². The Bertz CT molecular complexity index is 668. The van der Waals surface area contributed by atoms with Crippen LogP contribution in [0.4, 0.5) is 9.80 Å². The van der Waals surface area contributed by atoms with Gasteiger partial charge in [0.25, 0.3) is 0 Å². The zero-order valence-electron chi connectivity index (χ0n) is 14.7. The van der Waals surface area contributed by atoms with E-state index in [0.29, 0.717) is 13.1 Å². The van der Waals surface area contributed by atoms with Crippen LogP contribution in [0.15, 0.2) is 17.5 Å². The van der Waals surface area contributed by atoms with E-state index in [9.17, 15) is 14.4 Å². The van der Waals surface area contributed by atoms with Crippen molar-refractivity contribution < 1.29 is 19.1 Å². The number of carbonyl (C=O) groups is 3. The van der Waals surface area contributed by atoms with Crippen LogP contribution in [0.1, 0.15) is 27.2 Å². The van der Waals surface area contributed by atoms with Crippen LogP contribution >= 0.6 is 11.3 Å². The lowest BCUT2D eigenvalue weighted by atomic mass is 10.1. The van der Waals surface area contributed by atoms with Gasteiger partial charge in [-0.25, -0.2) is 4.79 Å². The van der Waals surface area contributed by atoms with Gasteiger partial charge in [-0.15, -0.1) is 11.3 Å². The van der Waals surface area contributed by atoms with Crippen molar-refractivity contribution in [1.82, 2.24) is 10.2 Å². The van der Waals surface area contributed by atoms with Gasteiger partial charge in [-0.2, -0.15) is 0 Å². The Hall–Kier alpha value is -2.09. The first-order chi connectivity index (χ1) is 11.8. The molecule has 1 aromatic heterocycles. The van der Waals surface area contributed by atoms with Crippen LogP contribution in [-0.4, -0.2) is 54.1 Å². The molecule has 2 aliphatic heterocycles. The lowest BCUT2D eigenvalue weighted by molar-refractivity contribution is -0.132. The summed E-state index contributed by atoms with van der Waals surface area (Å²) in [5.41, 5.74) is -0.283. The minimum absolute atomic E-state index is 0.00353. The molecule has 136 valence electrons. The standard InChI is InChI=1S/C17H23N3O4S/c1-17(2,3)20-9-11(7-13(20)21)15(22)18-8-12-10-19(16(23)24-12)14-5-4-6-25-14/h4-6,11-12H,7-10H2,1-3H3,(H,18,22). The Balaban J connectivity index is 1.50. The van der Waals surface area contributed by atoms with E-state index in [1.807, 2.05) is 38.3 Å². The summed E-state index contributed by atoms with van der Waals surface area (Å²) < 4.78 is 5.31. The Morgan fingerprint density at radius 3 is 2.72 bits per heavy atom. The number of likely N-dealkylation sites (tertiary alicyclic amines) is 1. The van der Waals surface area contributed by atoms with Crippen LogP contribution in [0.3, 0.4) is 0 Å². The van der Waals surface area contributed by atoms with E-state index < -0.39 is 6.09 Å². The fourth-order valence-electron chi connectivity index (χ4n) is 3.12. The first kappa shape index (κ1) is 17.7. The van der Waals surface area contributed by atoms with Crippen molar-refractivity contribution in [3.05, 3.63) is 17.5 Å². The van der Waals surface area contributed by atoms with Crippen LogP contribution in [0.25, 0.3) is 0 Å². The van der Waals surface area contributed by atoms with Gasteiger partial charge in [0.15, 0.2) is 0 Å². The van der Waals surface area contributed by atoms with Crippen LogP contribution in [0.2, 0.25) is 0 Å². The van der Waals surface area contributed by atoms with Gasteiger partial charge in [-0.1, -0.05) is 0 Å². The highest BCUT2D eigenvalue weighted by atomic mass is 32.1. The molecule has 2 atom stereocenters. The van der Waals surface area contributed by atoms with Gasteiger partial charge in [-0.05, 0) is 38.3 Å². The molecule has 2 fully saturated rings. The van der Waals surface area contributed by atoms with Gasteiger partial charge in [0, 0.05) is 18.5 Å². The molecule has 1 N–H and O–H groups in total. The number of anilines is 1. The summed E-state index contributed by atoms with van der Waals surface area (Å²) in [6, 6.07) is 3.73. The topological polar surface area (TPSA) is 79.0 Å². The first-order valence-corrected chi connectivity index (χ1v) is 9.23. The third-order valence-corrected chi connectivity index (χ3v) is 5.35. The molecule has 0 saturated carbocycles. The normalized spacial score (nSPS) is 24.0. The summed E-state index contributed by atoms with van der Waals surface area (Å²) in [4.78, 5) is 39.7. The number of hydrogen-bond acceptors (Lipinski definition) is 5. The maximum absolute atomic E-state index is 12.4. The molecule has 3 rings (SSSR count). The summed E-state index contributed by atoms with van der Waals surface area (Å²) in [7, 11) is 0. The fraction of sp³-hybridized carbons (Fsp3) is 0.588. The SMILES string of the molecule is CC(C)(C)N1CC(C(=O)NCC2CN(c3cccs3)C(=O)O2)CC1=O. The minimum Gasteiger partial charge on any atom is -0.442 e. The summed E-state index contributed by atoms with van der Waals surface area (Å²) in [6.07, 6.45) is -0.541. The number of hydrogen-bond donors (Lipinski definition) is 1. The van der Waals surface area contributed by atoms with Crippen LogP contribution in [-0.2, 0) is 14.3 Å². The molecule has 2 aliphatic rings. The smallest absolute Gasteiger partial charge is 0.415 e. The second kappa shape index (κ2) is 6.67. The van der Waals surface area contributed by atoms with Crippen LogP contribution in [0, 0.1) is 5.92 Å². The predicted octanol–water partition coefficient (Wildman–Crippen LogP) is 1.84. The second-order valence-electron chi connectivity index (χ2n) is 7.39. The lowest BCUT2D eigenvalue weighted by Gasteiger charge is -2.31. The van der Waals surface area contributed by atoms with Gasteiger partial charge in [-0.3, -0.25) is 14.5 Å². The minimum atomic E-state index is -0.392. The highest BCUT2D eigenvalue weighted by Gasteiger charge is 2.40. The Kier molecular flexibility index (Phi) is 4.73. The summed E-state index contributed by atoms with van der Waals surface area (Å²) in [6.45, 7) is 6.98. The summed E-state index contributed by atoms with van der Waals surface area (Å²) in [5, 5.41) is 5.56. The number of cyclic esters (lactones) is 1. The molecule has 3 amide bonds. The zero-order valence-corrected chi connectivity index (χ0v) is 15.5. The molecule has 7 nitrogen and oxygen atoms in total. The Morgan fingerprint density at radius 1 is 1.36 bits per heavy atom. The van der Waals surface area contributed by atoms with Gasteiger partial charge < -0.3 is 15.0 Å². The molecule has 0 aromatic carbocycles. The van der Waals surface area contributed by atoms with E-state index >= 15 is 0 Å². The van der Waals surface area contributed by atoms with E-state index in [0.717, 1.165) is 5.00 Å². The molecule has 2 saturated heterocycles. The molecular formula is C17H23N3O4S. The summed E-state index contributed by atoms with van der Waals surface area (Å²) in [5.74, 6) is -0.508. The molecule has 0 radical (unpaired) electrons. The van der Waals surface area contributed by atoms with Gasteiger partial charge in [0.1, 0.15) is 11.1 Å². The third kappa shape index (κ3) is 3.78. The molecule has 0 spiro atoms. The second-order valence-corrected chi connectivity index (χ2v) is 8.32. The van der Waals surface area contributed by atoms with Crippen molar-refractivity contribution in [2.45, 2.75) is 38.8 Å². The van der Waals surface area contributed by atoms with E-state index in [-0.39, 0.29) is 42.3 Å². The van der Waals surface area contributed by atoms with Crippen molar-refractivity contribution in [2.75, 3.05) is 24.5 Å². The molecule has 0 bridgehead atoms. The van der Waals surface area contributed by atoms with E-state index in [4.69, 9.17) is 4.74 Å². The Morgan fingerprint density at radius 2 is 2.12 bits per heavy atom. The number of thiophene rings is 1. The molecule has 8 heteroatoms.